The molecule has 3 rings (SSSR count). The smallest absolute Gasteiger partial charge is 0.228 e. The maximum atomic E-state index is 12.7. The second-order valence-electron chi connectivity index (χ2n) is 6.70. The zero-order chi connectivity index (χ0) is 17.1. The first-order valence-corrected chi connectivity index (χ1v) is 8.77. The van der Waals surface area contributed by atoms with Gasteiger partial charge in [-0.15, -0.1) is 12.4 Å². The van der Waals surface area contributed by atoms with Crippen molar-refractivity contribution in [3.63, 3.8) is 0 Å². The van der Waals surface area contributed by atoms with E-state index in [-0.39, 0.29) is 30.2 Å². The second-order valence-corrected chi connectivity index (χ2v) is 7.14. The van der Waals surface area contributed by atoms with Gasteiger partial charge in [-0.05, 0) is 40.3 Å². The van der Waals surface area contributed by atoms with Crippen molar-refractivity contribution in [2.45, 2.75) is 39.4 Å². The van der Waals surface area contributed by atoms with Crippen LogP contribution in [0.2, 0.25) is 5.02 Å². The van der Waals surface area contributed by atoms with Gasteiger partial charge in [-0.25, -0.2) is 0 Å². The van der Waals surface area contributed by atoms with Crippen LogP contribution in [0.4, 0.5) is 0 Å². The summed E-state index contributed by atoms with van der Waals surface area (Å²) in [4.78, 5) is 12.7. The minimum absolute atomic E-state index is 0. The third-order valence-corrected chi connectivity index (χ3v) is 4.76. The van der Waals surface area contributed by atoms with Gasteiger partial charge in [0.2, 0.25) is 5.91 Å². The average molecular weight is 379 g/mol. The van der Waals surface area contributed by atoms with E-state index in [4.69, 9.17) is 11.6 Å². The van der Waals surface area contributed by atoms with Crippen LogP contribution in [0.25, 0.3) is 0 Å². The lowest BCUT2D eigenvalue weighted by atomic mass is 9.87. The Morgan fingerprint density at radius 3 is 2.64 bits per heavy atom. The van der Waals surface area contributed by atoms with Crippen molar-refractivity contribution in [2.75, 3.05) is 0 Å². The Labute approximate surface area is 160 Å². The lowest BCUT2D eigenvalue weighted by Crippen LogP contribution is -2.31. The summed E-state index contributed by atoms with van der Waals surface area (Å²) in [5.41, 5.74) is 4.79. The van der Waals surface area contributed by atoms with Gasteiger partial charge in [0.15, 0.2) is 0 Å². The van der Waals surface area contributed by atoms with Crippen LogP contribution < -0.4 is 10.6 Å². The summed E-state index contributed by atoms with van der Waals surface area (Å²) < 4.78 is 0. The summed E-state index contributed by atoms with van der Waals surface area (Å²) >= 11 is 6.09. The van der Waals surface area contributed by atoms with E-state index < -0.39 is 0 Å². The first kappa shape index (κ1) is 19.8. The van der Waals surface area contributed by atoms with Crippen LogP contribution >= 0.6 is 24.0 Å². The van der Waals surface area contributed by atoms with Gasteiger partial charge in [0, 0.05) is 24.7 Å². The molecule has 0 saturated heterocycles. The summed E-state index contributed by atoms with van der Waals surface area (Å²) in [6.07, 6.45) is 0. The standard InChI is InChI=1S/C20H23ClN2O.ClH/c1-13(2)19(15-4-3-5-18(21)9-15)20(24)23-10-14-6-7-16-11-22-12-17(16)8-14;/h3-9,13,19,22H,10-12H2,1-2H3,(H,23,24);1H. The van der Waals surface area contributed by atoms with Crippen LogP contribution in [-0.2, 0) is 24.4 Å². The van der Waals surface area contributed by atoms with Crippen LogP contribution in [0.5, 0.6) is 0 Å². The van der Waals surface area contributed by atoms with Crippen LogP contribution in [0.15, 0.2) is 42.5 Å². The summed E-state index contributed by atoms with van der Waals surface area (Å²) in [6.45, 7) is 6.52. The van der Waals surface area contributed by atoms with E-state index in [1.165, 1.54) is 11.1 Å². The number of nitrogens with one attached hydrogen (secondary N) is 2. The largest absolute Gasteiger partial charge is 0.351 e. The Morgan fingerprint density at radius 1 is 1.16 bits per heavy atom. The molecule has 1 unspecified atom stereocenters. The Kier molecular flexibility index (Phi) is 6.88. The molecule has 5 heteroatoms. The van der Waals surface area contributed by atoms with Gasteiger partial charge in [0.05, 0.1) is 5.92 Å². The fourth-order valence-electron chi connectivity index (χ4n) is 3.30. The molecule has 0 aliphatic carbocycles. The SMILES string of the molecule is CC(C)C(C(=O)NCc1ccc2c(c1)CNC2)c1cccc(Cl)c1.Cl. The monoisotopic (exact) mass is 378 g/mol. The third kappa shape index (κ3) is 4.75. The molecular weight excluding hydrogens is 355 g/mol. The predicted molar refractivity (Wildman–Crippen MR) is 105 cm³/mol. The van der Waals surface area contributed by atoms with Gasteiger partial charge in [0.1, 0.15) is 0 Å². The van der Waals surface area contributed by atoms with Gasteiger partial charge in [-0.3, -0.25) is 4.79 Å². The zero-order valence-corrected chi connectivity index (χ0v) is 16.1. The van der Waals surface area contributed by atoms with E-state index in [0.29, 0.717) is 11.6 Å². The summed E-state index contributed by atoms with van der Waals surface area (Å²) in [6, 6.07) is 14.0. The number of amides is 1. The molecular formula is C20H24Cl2N2O. The first-order chi connectivity index (χ1) is 11.5. The van der Waals surface area contributed by atoms with Crippen LogP contribution in [0, 0.1) is 5.92 Å². The maximum absolute atomic E-state index is 12.7. The van der Waals surface area contributed by atoms with E-state index in [0.717, 1.165) is 24.2 Å². The van der Waals surface area contributed by atoms with Crippen LogP contribution in [-0.4, -0.2) is 5.91 Å². The number of fused-ring (bicyclic) bond motifs is 1. The van der Waals surface area contributed by atoms with Crippen molar-refractivity contribution in [1.82, 2.24) is 10.6 Å². The normalized spacial score (nSPS) is 13.9. The van der Waals surface area contributed by atoms with Crippen molar-refractivity contribution in [3.8, 4) is 0 Å². The molecule has 0 bridgehead atoms. The molecule has 0 radical (unpaired) electrons. The molecule has 2 N–H and O–H groups in total. The van der Waals surface area contributed by atoms with E-state index >= 15 is 0 Å². The van der Waals surface area contributed by atoms with Crippen molar-refractivity contribution in [2.24, 2.45) is 5.92 Å². The highest BCUT2D eigenvalue weighted by molar-refractivity contribution is 6.30. The van der Waals surface area contributed by atoms with Crippen LogP contribution in [0.3, 0.4) is 0 Å². The van der Waals surface area contributed by atoms with Gasteiger partial charge in [0.25, 0.3) is 0 Å². The highest BCUT2D eigenvalue weighted by Crippen LogP contribution is 2.27. The summed E-state index contributed by atoms with van der Waals surface area (Å²) in [5.74, 6) is 0.0540. The minimum atomic E-state index is -0.195. The molecule has 1 atom stereocenters. The molecule has 1 aliphatic heterocycles. The molecule has 1 aliphatic rings. The molecule has 1 heterocycles. The summed E-state index contributed by atoms with van der Waals surface area (Å²) in [5, 5.41) is 7.09. The topological polar surface area (TPSA) is 41.1 Å². The van der Waals surface area contributed by atoms with Gasteiger partial charge < -0.3 is 10.6 Å². The van der Waals surface area contributed by atoms with Gasteiger partial charge in [-0.1, -0.05) is 55.8 Å². The molecule has 2 aromatic carbocycles. The van der Waals surface area contributed by atoms with Gasteiger partial charge >= 0.3 is 0 Å². The maximum Gasteiger partial charge on any atom is 0.228 e. The number of benzene rings is 2. The van der Waals surface area contributed by atoms with Crippen molar-refractivity contribution >= 4 is 29.9 Å². The fourth-order valence-corrected chi connectivity index (χ4v) is 3.50. The number of carbonyl (C=O) groups is 1. The number of rotatable bonds is 5. The molecule has 2 aromatic rings. The first-order valence-electron chi connectivity index (χ1n) is 8.39. The molecule has 0 aromatic heterocycles. The lowest BCUT2D eigenvalue weighted by Gasteiger charge is -2.21. The highest BCUT2D eigenvalue weighted by atomic mass is 35.5. The minimum Gasteiger partial charge on any atom is -0.351 e. The number of halogens is 2. The van der Waals surface area contributed by atoms with Gasteiger partial charge in [-0.2, -0.15) is 0 Å². The quantitative estimate of drug-likeness (QED) is 0.808. The van der Waals surface area contributed by atoms with Crippen molar-refractivity contribution < 1.29 is 4.79 Å². The number of carbonyl (C=O) groups excluding carboxylic acids is 1. The molecule has 0 spiro atoms. The van der Waals surface area contributed by atoms with E-state index in [1.54, 1.807) is 0 Å². The average Bonchev–Trinajstić information content (AvgIpc) is 3.00. The molecule has 0 saturated carbocycles. The van der Waals surface area contributed by atoms with E-state index in [2.05, 4.69) is 42.7 Å². The zero-order valence-electron chi connectivity index (χ0n) is 14.5. The Hall–Kier alpha value is -1.55. The van der Waals surface area contributed by atoms with Crippen molar-refractivity contribution in [3.05, 3.63) is 69.7 Å². The Morgan fingerprint density at radius 2 is 1.92 bits per heavy atom. The van der Waals surface area contributed by atoms with Crippen LogP contribution in [0.1, 0.15) is 42.0 Å². The molecule has 3 nitrogen and oxygen atoms in total. The molecule has 25 heavy (non-hydrogen) atoms. The van der Waals surface area contributed by atoms with E-state index in [9.17, 15) is 4.79 Å². The Bertz CT molecular complexity index is 746. The molecule has 1 amide bonds. The number of hydrogen-bond acceptors (Lipinski definition) is 2. The predicted octanol–water partition coefficient (Wildman–Crippen LogP) is 4.42. The van der Waals surface area contributed by atoms with Crippen molar-refractivity contribution in [1.29, 1.82) is 0 Å². The fraction of sp³-hybridized carbons (Fsp3) is 0.350. The Balaban J connectivity index is 0.00000225. The second kappa shape index (κ2) is 8.70. The molecule has 134 valence electrons. The summed E-state index contributed by atoms with van der Waals surface area (Å²) in [7, 11) is 0. The lowest BCUT2D eigenvalue weighted by molar-refractivity contribution is -0.123. The third-order valence-electron chi connectivity index (χ3n) is 4.53. The van der Waals surface area contributed by atoms with E-state index in [1.807, 2.05) is 24.3 Å². The highest BCUT2D eigenvalue weighted by Gasteiger charge is 2.24. The molecule has 0 fully saturated rings. The number of hydrogen-bond donors (Lipinski definition) is 2.